The molecule has 1 heterocycles. The van der Waals surface area contributed by atoms with Crippen LogP contribution in [0.25, 0.3) is 0 Å². The van der Waals surface area contributed by atoms with Crippen LogP contribution in [0.1, 0.15) is 6.92 Å². The molecule has 1 aliphatic heterocycles. The molecule has 1 aromatic rings. The third kappa shape index (κ3) is 2.48. The Bertz CT molecular complexity index is 489. The smallest absolute Gasteiger partial charge is 0.292 e. The van der Waals surface area contributed by atoms with Crippen LogP contribution >= 0.6 is 0 Å². The number of aliphatic imine (C=N–C) groups is 1. The van der Waals surface area contributed by atoms with Gasteiger partial charge in [-0.05, 0) is 13.0 Å². The summed E-state index contributed by atoms with van der Waals surface area (Å²) in [7, 11) is 1.84. The third-order valence-electron chi connectivity index (χ3n) is 2.99. The van der Waals surface area contributed by atoms with E-state index in [9.17, 15) is 10.1 Å². The Hall–Kier alpha value is -1.95. The molecular formula is C12H16N4O2. The number of rotatable bonds is 4. The molecule has 1 unspecified atom stereocenters. The van der Waals surface area contributed by atoms with Gasteiger partial charge >= 0.3 is 0 Å². The van der Waals surface area contributed by atoms with Crippen LogP contribution in [0.3, 0.4) is 0 Å². The summed E-state index contributed by atoms with van der Waals surface area (Å²) in [4.78, 5) is 16.8. The van der Waals surface area contributed by atoms with Crippen molar-refractivity contribution in [3.63, 3.8) is 0 Å². The summed E-state index contributed by atoms with van der Waals surface area (Å²) in [5, 5.41) is 14.2. The molecule has 1 atom stereocenters. The predicted octanol–water partition coefficient (Wildman–Crippen LogP) is 1.42. The summed E-state index contributed by atoms with van der Waals surface area (Å²) in [6.07, 6.45) is 1.83. The second-order valence-electron chi connectivity index (χ2n) is 4.57. The van der Waals surface area contributed by atoms with E-state index in [1.807, 2.05) is 25.1 Å². The average molecular weight is 248 g/mol. The van der Waals surface area contributed by atoms with Crippen LogP contribution in [-0.4, -0.2) is 36.9 Å². The highest BCUT2D eigenvalue weighted by Gasteiger charge is 2.28. The van der Waals surface area contributed by atoms with E-state index < -0.39 is 0 Å². The molecular weight excluding hydrogens is 232 g/mol. The molecule has 1 N–H and O–H groups in total. The maximum absolute atomic E-state index is 11.0. The predicted molar refractivity (Wildman–Crippen MR) is 71.3 cm³/mol. The first kappa shape index (κ1) is 12.5. The SMILES string of the molecule is CN(CC1(C)N=CCN1)c1ccccc1[N+](=O)[O-]. The number of nitro benzene ring substituents is 1. The van der Waals surface area contributed by atoms with Gasteiger partial charge in [0, 0.05) is 25.9 Å². The van der Waals surface area contributed by atoms with Crippen molar-refractivity contribution in [1.82, 2.24) is 5.32 Å². The first-order valence-corrected chi connectivity index (χ1v) is 5.75. The Kier molecular flexibility index (Phi) is 3.29. The van der Waals surface area contributed by atoms with E-state index in [-0.39, 0.29) is 16.3 Å². The van der Waals surface area contributed by atoms with Crippen LogP contribution in [0.2, 0.25) is 0 Å². The van der Waals surface area contributed by atoms with Gasteiger partial charge in [-0.15, -0.1) is 0 Å². The normalized spacial score (nSPS) is 22.1. The number of likely N-dealkylation sites (N-methyl/N-ethyl adjacent to an activating group) is 1. The minimum Gasteiger partial charge on any atom is -0.365 e. The first-order chi connectivity index (χ1) is 8.52. The lowest BCUT2D eigenvalue weighted by Crippen LogP contribution is -2.46. The number of nitrogens with one attached hydrogen (secondary N) is 1. The van der Waals surface area contributed by atoms with Crippen LogP contribution in [0.4, 0.5) is 11.4 Å². The Labute approximate surface area is 105 Å². The number of para-hydroxylation sites is 2. The summed E-state index contributed by atoms with van der Waals surface area (Å²) in [6.45, 7) is 3.29. The van der Waals surface area contributed by atoms with Crippen molar-refractivity contribution in [3.8, 4) is 0 Å². The van der Waals surface area contributed by atoms with Crippen LogP contribution in [0.5, 0.6) is 0 Å². The molecule has 0 fully saturated rings. The molecule has 18 heavy (non-hydrogen) atoms. The Morgan fingerprint density at radius 3 is 2.89 bits per heavy atom. The lowest BCUT2D eigenvalue weighted by atomic mass is 10.2. The zero-order valence-electron chi connectivity index (χ0n) is 10.5. The second kappa shape index (κ2) is 4.73. The van der Waals surface area contributed by atoms with Gasteiger partial charge in [0.05, 0.1) is 11.5 Å². The van der Waals surface area contributed by atoms with Crippen molar-refractivity contribution in [3.05, 3.63) is 34.4 Å². The van der Waals surface area contributed by atoms with Crippen molar-refractivity contribution in [2.24, 2.45) is 4.99 Å². The average Bonchev–Trinajstić information content (AvgIpc) is 2.75. The van der Waals surface area contributed by atoms with Gasteiger partial charge in [-0.3, -0.25) is 20.4 Å². The fourth-order valence-corrected chi connectivity index (χ4v) is 2.14. The quantitative estimate of drug-likeness (QED) is 0.646. The fraction of sp³-hybridized carbons (Fsp3) is 0.417. The van der Waals surface area contributed by atoms with Gasteiger partial charge in [0.25, 0.3) is 5.69 Å². The molecule has 0 spiro atoms. The van der Waals surface area contributed by atoms with Gasteiger partial charge in [0.1, 0.15) is 11.4 Å². The number of hydrogen-bond donors (Lipinski definition) is 1. The van der Waals surface area contributed by atoms with E-state index in [0.717, 1.165) is 6.54 Å². The van der Waals surface area contributed by atoms with Crippen LogP contribution in [-0.2, 0) is 0 Å². The molecule has 6 heteroatoms. The van der Waals surface area contributed by atoms with Crippen molar-refractivity contribution in [1.29, 1.82) is 0 Å². The summed E-state index contributed by atoms with van der Waals surface area (Å²) >= 11 is 0. The molecule has 0 radical (unpaired) electrons. The van der Waals surface area contributed by atoms with Crippen molar-refractivity contribution < 1.29 is 4.92 Å². The molecule has 0 aliphatic carbocycles. The first-order valence-electron chi connectivity index (χ1n) is 5.75. The molecule has 1 aliphatic rings. The monoisotopic (exact) mass is 248 g/mol. The highest BCUT2D eigenvalue weighted by Crippen LogP contribution is 2.28. The Morgan fingerprint density at radius 2 is 2.28 bits per heavy atom. The highest BCUT2D eigenvalue weighted by molar-refractivity contribution is 5.65. The van der Waals surface area contributed by atoms with Crippen molar-refractivity contribution >= 4 is 17.6 Å². The second-order valence-corrected chi connectivity index (χ2v) is 4.57. The molecule has 0 amide bonds. The fourth-order valence-electron chi connectivity index (χ4n) is 2.14. The topological polar surface area (TPSA) is 70.8 Å². The molecule has 6 nitrogen and oxygen atoms in total. The molecule has 0 saturated carbocycles. The van der Waals surface area contributed by atoms with Crippen LogP contribution in [0, 0.1) is 10.1 Å². The van der Waals surface area contributed by atoms with Crippen molar-refractivity contribution in [2.45, 2.75) is 12.6 Å². The Balaban J connectivity index is 2.21. The third-order valence-corrected chi connectivity index (χ3v) is 2.99. The van der Waals surface area contributed by atoms with E-state index in [1.165, 1.54) is 6.07 Å². The van der Waals surface area contributed by atoms with E-state index in [2.05, 4.69) is 10.3 Å². The molecule has 2 rings (SSSR count). The largest absolute Gasteiger partial charge is 0.365 e. The lowest BCUT2D eigenvalue weighted by Gasteiger charge is -2.29. The number of benzene rings is 1. The molecule has 0 saturated heterocycles. The number of hydrogen-bond acceptors (Lipinski definition) is 5. The number of anilines is 1. The highest BCUT2D eigenvalue weighted by atomic mass is 16.6. The minimum absolute atomic E-state index is 0.116. The van der Waals surface area contributed by atoms with Gasteiger partial charge < -0.3 is 4.90 Å². The maximum atomic E-state index is 11.0. The molecule has 0 aromatic heterocycles. The summed E-state index contributed by atoms with van der Waals surface area (Å²) in [5.74, 6) is 0. The van der Waals surface area contributed by atoms with Gasteiger partial charge in [-0.2, -0.15) is 0 Å². The van der Waals surface area contributed by atoms with E-state index >= 15 is 0 Å². The number of nitro groups is 1. The van der Waals surface area contributed by atoms with E-state index in [0.29, 0.717) is 12.2 Å². The molecule has 96 valence electrons. The summed E-state index contributed by atoms with van der Waals surface area (Å²) in [5.41, 5.74) is 0.344. The number of nitrogens with zero attached hydrogens (tertiary/aromatic N) is 3. The van der Waals surface area contributed by atoms with Crippen LogP contribution < -0.4 is 10.2 Å². The standard InChI is InChI=1S/C12H16N4O2/c1-12(13-7-8-14-12)9-15(2)10-5-3-4-6-11(10)16(17)18/h3-7,14H,8-9H2,1-2H3. The molecule has 1 aromatic carbocycles. The van der Waals surface area contributed by atoms with Gasteiger partial charge in [0.2, 0.25) is 0 Å². The summed E-state index contributed by atoms with van der Waals surface area (Å²) < 4.78 is 0. The lowest BCUT2D eigenvalue weighted by molar-refractivity contribution is -0.384. The maximum Gasteiger partial charge on any atom is 0.292 e. The van der Waals surface area contributed by atoms with E-state index in [1.54, 1.807) is 18.2 Å². The van der Waals surface area contributed by atoms with Crippen LogP contribution in [0.15, 0.2) is 29.3 Å². The Morgan fingerprint density at radius 1 is 1.56 bits per heavy atom. The van der Waals surface area contributed by atoms with Gasteiger partial charge in [-0.25, -0.2) is 0 Å². The zero-order valence-corrected chi connectivity index (χ0v) is 10.5. The van der Waals surface area contributed by atoms with Gasteiger partial charge in [-0.1, -0.05) is 12.1 Å². The van der Waals surface area contributed by atoms with E-state index in [4.69, 9.17) is 0 Å². The van der Waals surface area contributed by atoms with Gasteiger partial charge in [0.15, 0.2) is 0 Å². The minimum atomic E-state index is -0.377. The molecule has 0 bridgehead atoms. The summed E-state index contributed by atoms with van der Waals surface area (Å²) in [6, 6.07) is 6.73. The zero-order chi connectivity index (χ0) is 13.2. The van der Waals surface area contributed by atoms with Crippen molar-refractivity contribution in [2.75, 3.05) is 25.0 Å².